The van der Waals surface area contributed by atoms with Crippen molar-refractivity contribution in [2.45, 2.75) is 40.0 Å². The maximum Gasteiger partial charge on any atom is -0.0176 e. The highest BCUT2D eigenvalue weighted by Crippen LogP contribution is 2.56. The van der Waals surface area contributed by atoms with Crippen LogP contribution in [0.1, 0.15) is 40.0 Å². The molecule has 0 unspecified atom stereocenters. The third kappa shape index (κ3) is 2.23. The quantitative estimate of drug-likeness (QED) is 0.552. The second-order valence-corrected chi connectivity index (χ2v) is 4.52. The van der Waals surface area contributed by atoms with E-state index in [2.05, 4.69) is 39.5 Å². The standard InChI is InChI=1S/C12H20/c1-5-11-9-12(11,4)8-6-7-10(2)3/h5,7,11H,1,6,8-9H2,2-4H3/t11-,12-/m1/s1. The molecule has 0 spiro atoms. The van der Waals surface area contributed by atoms with Crippen molar-refractivity contribution in [2.75, 3.05) is 0 Å². The summed E-state index contributed by atoms with van der Waals surface area (Å²) in [6.07, 6.45) is 8.37. The third-order valence-electron chi connectivity index (χ3n) is 2.97. The van der Waals surface area contributed by atoms with Crippen LogP contribution in [0.15, 0.2) is 24.3 Å². The summed E-state index contributed by atoms with van der Waals surface area (Å²) in [5.74, 6) is 0.795. The molecule has 68 valence electrons. The number of rotatable bonds is 4. The summed E-state index contributed by atoms with van der Waals surface area (Å²) in [6.45, 7) is 10.6. The van der Waals surface area contributed by atoms with Gasteiger partial charge in [0.1, 0.15) is 0 Å². The molecule has 0 heterocycles. The first kappa shape index (κ1) is 9.57. The summed E-state index contributed by atoms with van der Waals surface area (Å²) >= 11 is 0. The third-order valence-corrected chi connectivity index (χ3v) is 2.97. The molecule has 12 heavy (non-hydrogen) atoms. The van der Waals surface area contributed by atoms with Crippen LogP contribution in [0.5, 0.6) is 0 Å². The molecule has 0 aliphatic heterocycles. The lowest BCUT2D eigenvalue weighted by Gasteiger charge is -2.06. The van der Waals surface area contributed by atoms with Crippen LogP contribution in [0.25, 0.3) is 0 Å². The Morgan fingerprint density at radius 3 is 2.67 bits per heavy atom. The van der Waals surface area contributed by atoms with E-state index in [1.165, 1.54) is 24.8 Å². The van der Waals surface area contributed by atoms with Crippen molar-refractivity contribution < 1.29 is 0 Å². The lowest BCUT2D eigenvalue weighted by atomic mass is 9.99. The van der Waals surface area contributed by atoms with E-state index in [0.717, 1.165) is 5.92 Å². The molecular formula is C12H20. The van der Waals surface area contributed by atoms with E-state index in [4.69, 9.17) is 0 Å². The molecule has 0 aromatic carbocycles. The minimum atomic E-state index is 0.591. The average Bonchev–Trinajstić information content (AvgIpc) is 2.61. The highest BCUT2D eigenvalue weighted by Gasteiger charge is 2.46. The van der Waals surface area contributed by atoms with Gasteiger partial charge >= 0.3 is 0 Å². The lowest BCUT2D eigenvalue weighted by Crippen LogP contribution is -1.95. The monoisotopic (exact) mass is 164 g/mol. The maximum atomic E-state index is 3.85. The van der Waals surface area contributed by atoms with Gasteiger partial charge in [0, 0.05) is 0 Å². The minimum Gasteiger partial charge on any atom is -0.103 e. The largest absolute Gasteiger partial charge is 0.103 e. The van der Waals surface area contributed by atoms with E-state index in [-0.39, 0.29) is 0 Å². The fourth-order valence-electron chi connectivity index (χ4n) is 1.79. The van der Waals surface area contributed by atoms with Gasteiger partial charge in [0.25, 0.3) is 0 Å². The Kier molecular flexibility index (Phi) is 2.76. The zero-order valence-electron chi connectivity index (χ0n) is 8.56. The van der Waals surface area contributed by atoms with Gasteiger partial charge in [-0.2, -0.15) is 0 Å². The Bertz CT molecular complexity index is 196. The summed E-state index contributed by atoms with van der Waals surface area (Å²) in [7, 11) is 0. The Morgan fingerprint density at radius 2 is 2.25 bits per heavy atom. The molecule has 1 saturated carbocycles. The van der Waals surface area contributed by atoms with Crippen molar-refractivity contribution in [3.05, 3.63) is 24.3 Å². The van der Waals surface area contributed by atoms with Crippen LogP contribution in [0, 0.1) is 11.3 Å². The van der Waals surface area contributed by atoms with Crippen LogP contribution >= 0.6 is 0 Å². The molecule has 1 fully saturated rings. The van der Waals surface area contributed by atoms with Crippen molar-refractivity contribution in [1.29, 1.82) is 0 Å². The second kappa shape index (κ2) is 3.47. The minimum absolute atomic E-state index is 0.591. The van der Waals surface area contributed by atoms with Gasteiger partial charge in [0.2, 0.25) is 0 Å². The normalized spacial score (nSPS) is 32.8. The van der Waals surface area contributed by atoms with Crippen molar-refractivity contribution in [3.63, 3.8) is 0 Å². The molecule has 0 heteroatoms. The predicted molar refractivity (Wildman–Crippen MR) is 55.1 cm³/mol. The number of hydrogen-bond acceptors (Lipinski definition) is 0. The van der Waals surface area contributed by atoms with Crippen molar-refractivity contribution >= 4 is 0 Å². The summed E-state index contributed by atoms with van der Waals surface area (Å²) in [4.78, 5) is 0. The van der Waals surface area contributed by atoms with Crippen LogP contribution in [0.3, 0.4) is 0 Å². The van der Waals surface area contributed by atoms with Gasteiger partial charge in [-0.1, -0.05) is 24.6 Å². The molecule has 0 aromatic heterocycles. The molecule has 1 aliphatic carbocycles. The molecule has 0 amide bonds. The Hall–Kier alpha value is -0.520. The Morgan fingerprint density at radius 1 is 1.58 bits per heavy atom. The van der Waals surface area contributed by atoms with E-state index in [1.54, 1.807) is 0 Å². The van der Waals surface area contributed by atoms with Gasteiger partial charge < -0.3 is 0 Å². The molecule has 0 N–H and O–H groups in total. The first-order valence-electron chi connectivity index (χ1n) is 4.84. The fraction of sp³-hybridized carbons (Fsp3) is 0.667. The zero-order chi connectivity index (χ0) is 9.19. The summed E-state index contributed by atoms with van der Waals surface area (Å²) in [5, 5.41) is 0. The first-order chi connectivity index (χ1) is 5.58. The van der Waals surface area contributed by atoms with Gasteiger partial charge in [-0.15, -0.1) is 6.58 Å². The molecule has 2 atom stereocenters. The topological polar surface area (TPSA) is 0 Å². The van der Waals surface area contributed by atoms with E-state index in [0.29, 0.717) is 5.41 Å². The molecule has 1 aliphatic rings. The Balaban J connectivity index is 2.25. The lowest BCUT2D eigenvalue weighted by molar-refractivity contribution is 0.495. The van der Waals surface area contributed by atoms with Crippen molar-refractivity contribution in [2.24, 2.45) is 11.3 Å². The number of hydrogen-bond donors (Lipinski definition) is 0. The van der Waals surface area contributed by atoms with Crippen LogP contribution < -0.4 is 0 Å². The molecule has 1 rings (SSSR count). The van der Waals surface area contributed by atoms with Crippen LogP contribution in [0.4, 0.5) is 0 Å². The predicted octanol–water partition coefficient (Wildman–Crippen LogP) is 3.95. The van der Waals surface area contributed by atoms with Crippen LogP contribution in [-0.2, 0) is 0 Å². The van der Waals surface area contributed by atoms with E-state index >= 15 is 0 Å². The molecular weight excluding hydrogens is 144 g/mol. The van der Waals surface area contributed by atoms with Crippen LogP contribution in [-0.4, -0.2) is 0 Å². The van der Waals surface area contributed by atoms with Gasteiger partial charge in [-0.05, 0) is 44.4 Å². The molecule has 0 nitrogen and oxygen atoms in total. The summed E-state index contributed by atoms with van der Waals surface area (Å²) in [6, 6.07) is 0. The van der Waals surface area contributed by atoms with Gasteiger partial charge in [0.05, 0.1) is 0 Å². The van der Waals surface area contributed by atoms with Crippen molar-refractivity contribution in [1.82, 2.24) is 0 Å². The molecule has 0 saturated heterocycles. The molecule has 0 bridgehead atoms. The SMILES string of the molecule is C=C[C@@H]1C[C@@]1(C)CCC=C(C)C. The highest BCUT2D eigenvalue weighted by molar-refractivity contribution is 5.08. The smallest absolute Gasteiger partial charge is 0.0176 e. The van der Waals surface area contributed by atoms with E-state index < -0.39 is 0 Å². The molecule has 0 radical (unpaired) electrons. The van der Waals surface area contributed by atoms with Gasteiger partial charge in [-0.25, -0.2) is 0 Å². The van der Waals surface area contributed by atoms with Crippen LogP contribution in [0.2, 0.25) is 0 Å². The van der Waals surface area contributed by atoms with Gasteiger partial charge in [0.15, 0.2) is 0 Å². The first-order valence-corrected chi connectivity index (χ1v) is 4.84. The average molecular weight is 164 g/mol. The van der Waals surface area contributed by atoms with Gasteiger partial charge in [-0.3, -0.25) is 0 Å². The fourth-order valence-corrected chi connectivity index (χ4v) is 1.79. The summed E-state index contributed by atoms with van der Waals surface area (Å²) < 4.78 is 0. The molecule has 0 aromatic rings. The van der Waals surface area contributed by atoms with E-state index in [9.17, 15) is 0 Å². The second-order valence-electron chi connectivity index (χ2n) is 4.52. The highest BCUT2D eigenvalue weighted by atomic mass is 14.5. The Labute approximate surface area is 76.4 Å². The van der Waals surface area contributed by atoms with Crippen molar-refractivity contribution in [3.8, 4) is 0 Å². The zero-order valence-corrected chi connectivity index (χ0v) is 8.56. The maximum absolute atomic E-state index is 3.85. The number of allylic oxidation sites excluding steroid dienone is 3. The van der Waals surface area contributed by atoms with E-state index in [1.807, 2.05) is 0 Å². The summed E-state index contributed by atoms with van der Waals surface area (Å²) in [5.41, 5.74) is 2.03.